The van der Waals surface area contributed by atoms with Gasteiger partial charge >= 0.3 is 0 Å². The van der Waals surface area contributed by atoms with Crippen LogP contribution in [0.4, 0.5) is 0 Å². The maximum absolute atomic E-state index is 5.74. The van der Waals surface area contributed by atoms with Gasteiger partial charge in [-0.15, -0.1) is 0 Å². The molecule has 4 heteroatoms. The van der Waals surface area contributed by atoms with Gasteiger partial charge in [0.05, 0.1) is 19.3 Å². The summed E-state index contributed by atoms with van der Waals surface area (Å²) in [6.07, 6.45) is 5.40. The number of likely N-dealkylation sites (tertiary alicyclic amines) is 1. The molecule has 2 heterocycles. The zero-order chi connectivity index (χ0) is 15.8. The van der Waals surface area contributed by atoms with Crippen molar-refractivity contribution < 1.29 is 9.47 Å². The Morgan fingerprint density at radius 3 is 2.74 bits per heavy atom. The monoisotopic (exact) mass is 316 g/mol. The molecule has 0 aromatic heterocycles. The van der Waals surface area contributed by atoms with Gasteiger partial charge in [-0.05, 0) is 50.3 Å². The summed E-state index contributed by atoms with van der Waals surface area (Å²) < 4.78 is 11.2. The van der Waals surface area contributed by atoms with E-state index in [0.717, 1.165) is 24.8 Å². The Bertz CT molecular complexity index is 546. The van der Waals surface area contributed by atoms with Crippen LogP contribution in [0.2, 0.25) is 0 Å². The van der Waals surface area contributed by atoms with E-state index in [1.807, 2.05) is 6.07 Å². The van der Waals surface area contributed by atoms with Gasteiger partial charge in [-0.3, -0.25) is 4.90 Å². The zero-order valence-corrected chi connectivity index (χ0v) is 14.2. The van der Waals surface area contributed by atoms with E-state index in [4.69, 9.17) is 9.47 Å². The topological polar surface area (TPSA) is 33.7 Å². The minimum absolute atomic E-state index is 0.330. The molecule has 0 unspecified atom stereocenters. The van der Waals surface area contributed by atoms with E-state index in [-0.39, 0.29) is 0 Å². The van der Waals surface area contributed by atoms with Crippen molar-refractivity contribution >= 4 is 0 Å². The summed E-state index contributed by atoms with van der Waals surface area (Å²) in [4.78, 5) is 2.72. The molecule has 0 spiro atoms. The maximum Gasteiger partial charge on any atom is 0.119 e. The molecule has 0 amide bonds. The van der Waals surface area contributed by atoms with Crippen molar-refractivity contribution in [1.82, 2.24) is 10.2 Å². The largest absolute Gasteiger partial charge is 0.497 e. The molecule has 23 heavy (non-hydrogen) atoms. The van der Waals surface area contributed by atoms with Crippen LogP contribution in [0.1, 0.15) is 44.2 Å². The van der Waals surface area contributed by atoms with Gasteiger partial charge in [0.25, 0.3) is 0 Å². The van der Waals surface area contributed by atoms with E-state index in [2.05, 4.69) is 35.3 Å². The maximum atomic E-state index is 5.74. The Kier molecular flexibility index (Phi) is 4.31. The second kappa shape index (κ2) is 6.42. The van der Waals surface area contributed by atoms with Gasteiger partial charge in [0.2, 0.25) is 0 Å². The number of methoxy groups -OCH3 is 1. The molecule has 126 valence electrons. The highest BCUT2D eigenvalue weighted by Gasteiger charge is 2.44. The lowest BCUT2D eigenvalue weighted by atomic mass is 9.98. The van der Waals surface area contributed by atoms with E-state index in [1.165, 1.54) is 31.4 Å². The van der Waals surface area contributed by atoms with Crippen LogP contribution in [-0.4, -0.2) is 49.4 Å². The third-order valence-electron chi connectivity index (χ3n) is 5.69. The van der Waals surface area contributed by atoms with Crippen LogP contribution < -0.4 is 10.1 Å². The highest BCUT2D eigenvalue weighted by atomic mass is 16.5. The lowest BCUT2D eigenvalue weighted by molar-refractivity contribution is 0.108. The molecule has 1 aliphatic carbocycles. The third kappa shape index (κ3) is 3.12. The number of nitrogens with one attached hydrogen (secondary N) is 1. The number of hydrogen-bond acceptors (Lipinski definition) is 4. The van der Waals surface area contributed by atoms with Crippen LogP contribution in [0.3, 0.4) is 0 Å². The van der Waals surface area contributed by atoms with Gasteiger partial charge in [-0.2, -0.15) is 0 Å². The van der Waals surface area contributed by atoms with Crippen LogP contribution in [0.25, 0.3) is 0 Å². The first kappa shape index (κ1) is 15.4. The lowest BCUT2D eigenvalue weighted by Crippen LogP contribution is -2.45. The fourth-order valence-electron chi connectivity index (χ4n) is 4.28. The third-order valence-corrected chi connectivity index (χ3v) is 5.69. The van der Waals surface area contributed by atoms with Crippen molar-refractivity contribution in [2.45, 2.75) is 62.9 Å². The predicted molar refractivity (Wildman–Crippen MR) is 90.8 cm³/mol. The molecule has 1 N–H and O–H groups in total. The summed E-state index contributed by atoms with van der Waals surface area (Å²) in [5, 5.41) is 3.92. The van der Waals surface area contributed by atoms with Gasteiger partial charge in [0.1, 0.15) is 5.75 Å². The van der Waals surface area contributed by atoms with E-state index >= 15 is 0 Å². The first-order valence-electron chi connectivity index (χ1n) is 9.03. The molecule has 2 aliphatic heterocycles. The Labute approximate surface area is 139 Å². The first-order valence-corrected chi connectivity index (χ1v) is 9.03. The number of benzene rings is 1. The molecule has 3 aliphatic rings. The fraction of sp³-hybridized carbons (Fsp3) is 0.684. The van der Waals surface area contributed by atoms with Crippen molar-refractivity contribution in [2.75, 3.05) is 20.3 Å². The fourth-order valence-corrected chi connectivity index (χ4v) is 4.28. The molecule has 0 bridgehead atoms. The number of nitrogens with zero attached hydrogens (tertiary/aromatic N) is 1. The molecule has 4 atom stereocenters. The van der Waals surface area contributed by atoms with E-state index in [0.29, 0.717) is 24.2 Å². The Morgan fingerprint density at radius 2 is 2.04 bits per heavy atom. The molecule has 1 aromatic carbocycles. The van der Waals surface area contributed by atoms with Crippen molar-refractivity contribution in [1.29, 1.82) is 0 Å². The molecule has 0 radical (unpaired) electrons. The first-order chi connectivity index (χ1) is 11.3. The predicted octanol–water partition coefficient (Wildman–Crippen LogP) is 2.74. The van der Waals surface area contributed by atoms with Crippen molar-refractivity contribution in [3.63, 3.8) is 0 Å². The van der Waals surface area contributed by atoms with Gasteiger partial charge in [-0.25, -0.2) is 0 Å². The summed E-state index contributed by atoms with van der Waals surface area (Å²) in [6, 6.07) is 10.9. The average molecular weight is 316 g/mol. The lowest BCUT2D eigenvalue weighted by Gasteiger charge is -2.31. The van der Waals surface area contributed by atoms with E-state index in [1.54, 1.807) is 7.11 Å². The normalized spacial score (nSPS) is 34.9. The molecule has 2 saturated heterocycles. The second-order valence-electron chi connectivity index (χ2n) is 7.22. The number of rotatable bonds is 5. The van der Waals surface area contributed by atoms with Crippen molar-refractivity contribution in [3.8, 4) is 5.75 Å². The Morgan fingerprint density at radius 1 is 1.17 bits per heavy atom. The summed E-state index contributed by atoms with van der Waals surface area (Å²) in [6.45, 7) is 4.28. The van der Waals surface area contributed by atoms with Gasteiger partial charge in [0, 0.05) is 31.3 Å². The molecule has 1 aromatic rings. The molecular weight excluding hydrogens is 288 g/mol. The van der Waals surface area contributed by atoms with Crippen LogP contribution in [0, 0.1) is 0 Å². The number of ether oxygens (including phenoxy) is 2. The van der Waals surface area contributed by atoms with Crippen LogP contribution >= 0.6 is 0 Å². The van der Waals surface area contributed by atoms with Crippen LogP contribution in [-0.2, 0) is 4.74 Å². The van der Waals surface area contributed by atoms with Gasteiger partial charge in [0.15, 0.2) is 0 Å². The SMILES string of the molecule is COc1cccc([C@@H]2[C@H](N[C@H]3CCO[C@H]3C)CCN2C2CC2)c1. The number of hydrogen-bond donors (Lipinski definition) is 1. The van der Waals surface area contributed by atoms with E-state index < -0.39 is 0 Å². The average Bonchev–Trinajstić information content (AvgIpc) is 3.22. The Balaban J connectivity index is 1.57. The van der Waals surface area contributed by atoms with Crippen molar-refractivity contribution in [3.05, 3.63) is 29.8 Å². The summed E-state index contributed by atoms with van der Waals surface area (Å²) in [7, 11) is 1.75. The highest BCUT2D eigenvalue weighted by molar-refractivity contribution is 5.32. The van der Waals surface area contributed by atoms with Gasteiger partial charge in [-0.1, -0.05) is 12.1 Å². The van der Waals surface area contributed by atoms with Gasteiger partial charge < -0.3 is 14.8 Å². The quantitative estimate of drug-likeness (QED) is 0.906. The summed E-state index contributed by atoms with van der Waals surface area (Å²) >= 11 is 0. The van der Waals surface area contributed by atoms with E-state index in [9.17, 15) is 0 Å². The minimum atomic E-state index is 0.330. The Hall–Kier alpha value is -1.10. The molecular formula is C19H28N2O2. The second-order valence-corrected chi connectivity index (χ2v) is 7.22. The standard InChI is InChI=1S/C19H28N2O2/c1-13-17(9-11-23-13)20-18-8-10-21(15-6-7-15)19(18)14-4-3-5-16(12-14)22-2/h3-5,12-13,15,17-20H,6-11H2,1-2H3/t13-,17-,18+,19+/m0/s1. The zero-order valence-electron chi connectivity index (χ0n) is 14.2. The molecule has 4 rings (SSSR count). The minimum Gasteiger partial charge on any atom is -0.497 e. The van der Waals surface area contributed by atoms with Crippen molar-refractivity contribution in [2.24, 2.45) is 0 Å². The van der Waals surface area contributed by atoms with Crippen LogP contribution in [0.15, 0.2) is 24.3 Å². The molecule has 1 saturated carbocycles. The summed E-state index contributed by atoms with van der Waals surface area (Å²) in [5.41, 5.74) is 1.39. The molecule has 3 fully saturated rings. The summed E-state index contributed by atoms with van der Waals surface area (Å²) in [5.74, 6) is 0.960. The van der Waals surface area contributed by atoms with Crippen LogP contribution in [0.5, 0.6) is 5.75 Å². The molecule has 4 nitrogen and oxygen atoms in total. The smallest absolute Gasteiger partial charge is 0.119 e. The highest BCUT2D eigenvalue weighted by Crippen LogP contribution is 2.42.